The molecule has 1 aliphatic carbocycles. The van der Waals surface area contributed by atoms with E-state index in [1.807, 2.05) is 0 Å². The molecule has 1 fully saturated rings. The lowest BCUT2D eigenvalue weighted by atomic mass is 9.83. The van der Waals surface area contributed by atoms with Crippen LogP contribution < -0.4 is 9.13 Å². The zero-order valence-corrected chi connectivity index (χ0v) is 21.0. The topological polar surface area (TPSA) is 7.76 Å². The van der Waals surface area contributed by atoms with E-state index in [1.54, 1.807) is 0 Å². The van der Waals surface area contributed by atoms with Gasteiger partial charge in [-0.25, -0.2) is 0 Å². The number of pyridine rings is 2. The highest BCUT2D eigenvalue weighted by Crippen LogP contribution is 2.35. The molecule has 0 radical (unpaired) electrons. The van der Waals surface area contributed by atoms with Gasteiger partial charge in [0.2, 0.25) is 5.69 Å². The van der Waals surface area contributed by atoms with Crippen LogP contribution in [0.5, 0.6) is 0 Å². The Morgan fingerprint density at radius 3 is 2.18 bits per heavy atom. The predicted octanol–water partition coefficient (Wildman–Crippen LogP) is 7.00. The summed E-state index contributed by atoms with van der Waals surface area (Å²) in [6.45, 7) is 4.45. The summed E-state index contributed by atoms with van der Waals surface area (Å²) in [5.41, 5.74) is 11.7. The number of hydrogen-bond acceptors (Lipinski definition) is 0. The minimum absolute atomic E-state index is 0.744. The van der Waals surface area contributed by atoms with Crippen molar-refractivity contribution in [3.63, 3.8) is 0 Å². The fourth-order valence-corrected chi connectivity index (χ4v) is 5.66. The quantitative estimate of drug-likeness (QED) is 0.297. The highest BCUT2D eigenvalue weighted by Gasteiger charge is 2.24. The van der Waals surface area contributed by atoms with E-state index in [2.05, 4.69) is 116 Å². The van der Waals surface area contributed by atoms with Gasteiger partial charge >= 0.3 is 0 Å². The summed E-state index contributed by atoms with van der Waals surface area (Å²) in [6, 6.07) is 27.0. The maximum atomic E-state index is 2.44. The third kappa shape index (κ3) is 4.30. The molecule has 0 unspecified atom stereocenters. The molecule has 0 bridgehead atoms. The average molecular weight is 449 g/mol. The Bertz CT molecular complexity index is 1330. The fourth-order valence-electron chi connectivity index (χ4n) is 5.66. The summed E-state index contributed by atoms with van der Waals surface area (Å²) < 4.78 is 4.55. The molecular weight excluding hydrogens is 412 g/mol. The molecule has 2 heteroatoms. The lowest BCUT2D eigenvalue weighted by molar-refractivity contribution is -0.685. The van der Waals surface area contributed by atoms with Crippen molar-refractivity contribution in [1.82, 2.24) is 0 Å². The highest BCUT2D eigenvalue weighted by atomic mass is 15.0. The SMILES string of the molecule is Cc1cc(C2CCCCC2)ccc1-c1cc[n+](C)c(-c2cccc(-c3ccccc3C)[n+]2C)c1. The zero-order valence-electron chi connectivity index (χ0n) is 21.0. The standard InChI is InChI=1S/C32H36N2/c1-23-11-8-9-14-29(23)30-15-10-16-31(34(30)4)32-22-27(19-20-33(32)3)28-18-17-26(21-24(28)2)25-12-6-5-7-13-25/h8-11,14-22,25H,5-7,12-13H2,1-4H3/q+2. The van der Waals surface area contributed by atoms with Gasteiger partial charge < -0.3 is 0 Å². The Kier molecular flexibility index (Phi) is 6.32. The molecule has 2 aromatic heterocycles. The van der Waals surface area contributed by atoms with Gasteiger partial charge in [0.25, 0.3) is 11.4 Å². The van der Waals surface area contributed by atoms with Crippen LogP contribution in [0.2, 0.25) is 0 Å². The molecule has 34 heavy (non-hydrogen) atoms. The van der Waals surface area contributed by atoms with Crippen LogP contribution in [0.15, 0.2) is 79.0 Å². The number of nitrogens with zero attached hydrogens (tertiary/aromatic N) is 2. The van der Waals surface area contributed by atoms with E-state index < -0.39 is 0 Å². The van der Waals surface area contributed by atoms with E-state index in [4.69, 9.17) is 0 Å². The smallest absolute Gasteiger partial charge is 0.196 e. The monoisotopic (exact) mass is 448 g/mol. The van der Waals surface area contributed by atoms with Gasteiger partial charge in [-0.2, -0.15) is 9.13 Å². The van der Waals surface area contributed by atoms with Crippen molar-refractivity contribution < 1.29 is 9.13 Å². The molecule has 0 N–H and O–H groups in total. The van der Waals surface area contributed by atoms with Gasteiger partial charge in [-0.1, -0.05) is 55.7 Å². The number of aromatic nitrogens is 2. The maximum absolute atomic E-state index is 2.44. The Balaban J connectivity index is 1.55. The van der Waals surface area contributed by atoms with Gasteiger partial charge in [0.05, 0.1) is 0 Å². The summed E-state index contributed by atoms with van der Waals surface area (Å²) in [6.07, 6.45) is 9.04. The second kappa shape index (κ2) is 9.54. The Labute approximate surface area is 204 Å². The first kappa shape index (κ1) is 22.5. The number of benzene rings is 2. The lowest BCUT2D eigenvalue weighted by Crippen LogP contribution is -2.40. The number of aryl methyl sites for hydroxylation is 3. The molecule has 4 aromatic rings. The molecule has 0 aliphatic heterocycles. The van der Waals surface area contributed by atoms with Crippen molar-refractivity contribution in [2.45, 2.75) is 51.9 Å². The first-order valence-corrected chi connectivity index (χ1v) is 12.7. The molecule has 0 saturated heterocycles. The third-order valence-corrected chi connectivity index (χ3v) is 7.70. The van der Waals surface area contributed by atoms with Crippen LogP contribution in [0.4, 0.5) is 0 Å². The summed E-state index contributed by atoms with van der Waals surface area (Å²) in [7, 11) is 4.31. The fraction of sp³-hybridized carbons (Fsp3) is 0.312. The van der Waals surface area contributed by atoms with E-state index in [0.29, 0.717) is 0 Å². The molecule has 1 aliphatic rings. The second-order valence-electron chi connectivity index (χ2n) is 9.99. The van der Waals surface area contributed by atoms with Crippen LogP contribution in [0.3, 0.4) is 0 Å². The van der Waals surface area contributed by atoms with Gasteiger partial charge in [0.1, 0.15) is 14.1 Å². The van der Waals surface area contributed by atoms with Gasteiger partial charge in [-0.3, -0.25) is 0 Å². The van der Waals surface area contributed by atoms with Crippen LogP contribution in [0, 0.1) is 13.8 Å². The molecule has 172 valence electrons. The van der Waals surface area contributed by atoms with Crippen molar-refractivity contribution in [3.05, 3.63) is 95.7 Å². The maximum Gasteiger partial charge on any atom is 0.277 e. The van der Waals surface area contributed by atoms with Crippen molar-refractivity contribution in [2.24, 2.45) is 14.1 Å². The molecular formula is C32H36N2+2. The second-order valence-corrected chi connectivity index (χ2v) is 9.99. The van der Waals surface area contributed by atoms with Crippen molar-refractivity contribution in [2.75, 3.05) is 0 Å². The van der Waals surface area contributed by atoms with E-state index in [0.717, 1.165) is 5.92 Å². The Morgan fingerprint density at radius 1 is 0.647 bits per heavy atom. The third-order valence-electron chi connectivity index (χ3n) is 7.70. The van der Waals surface area contributed by atoms with Crippen LogP contribution in [0.25, 0.3) is 33.8 Å². The molecule has 0 atom stereocenters. The van der Waals surface area contributed by atoms with Crippen LogP contribution in [-0.2, 0) is 14.1 Å². The van der Waals surface area contributed by atoms with Crippen molar-refractivity contribution in [1.29, 1.82) is 0 Å². The molecule has 5 rings (SSSR count). The number of hydrogen-bond donors (Lipinski definition) is 0. The first-order valence-electron chi connectivity index (χ1n) is 12.7. The highest BCUT2D eigenvalue weighted by molar-refractivity contribution is 5.70. The molecule has 2 nitrogen and oxygen atoms in total. The zero-order chi connectivity index (χ0) is 23.7. The van der Waals surface area contributed by atoms with Crippen LogP contribution >= 0.6 is 0 Å². The minimum Gasteiger partial charge on any atom is -0.196 e. The van der Waals surface area contributed by atoms with E-state index in [9.17, 15) is 0 Å². The summed E-state index contributed by atoms with van der Waals surface area (Å²) >= 11 is 0. The summed E-state index contributed by atoms with van der Waals surface area (Å²) in [5.74, 6) is 0.744. The van der Waals surface area contributed by atoms with Gasteiger partial charge in [-0.15, -0.1) is 0 Å². The van der Waals surface area contributed by atoms with Crippen LogP contribution in [-0.4, -0.2) is 0 Å². The van der Waals surface area contributed by atoms with E-state index >= 15 is 0 Å². The Morgan fingerprint density at radius 2 is 1.41 bits per heavy atom. The van der Waals surface area contributed by atoms with Gasteiger partial charge in [-0.05, 0) is 72.6 Å². The predicted molar refractivity (Wildman–Crippen MR) is 140 cm³/mol. The molecule has 2 heterocycles. The minimum atomic E-state index is 0.744. The number of rotatable bonds is 4. The van der Waals surface area contributed by atoms with Crippen molar-refractivity contribution in [3.8, 4) is 33.8 Å². The average Bonchev–Trinajstić information content (AvgIpc) is 2.86. The van der Waals surface area contributed by atoms with Crippen molar-refractivity contribution >= 4 is 0 Å². The van der Waals surface area contributed by atoms with E-state index in [-0.39, 0.29) is 0 Å². The lowest BCUT2D eigenvalue weighted by Gasteiger charge is -2.23. The van der Waals surface area contributed by atoms with Gasteiger partial charge in [0, 0.05) is 29.8 Å². The largest absolute Gasteiger partial charge is 0.277 e. The summed E-state index contributed by atoms with van der Waals surface area (Å²) in [4.78, 5) is 0. The summed E-state index contributed by atoms with van der Waals surface area (Å²) in [5, 5.41) is 0. The molecule has 1 saturated carbocycles. The molecule has 0 amide bonds. The first-order chi connectivity index (χ1) is 16.5. The van der Waals surface area contributed by atoms with E-state index in [1.165, 1.54) is 82.6 Å². The van der Waals surface area contributed by atoms with Gasteiger partial charge in [0.15, 0.2) is 6.20 Å². The Hall–Kier alpha value is -3.26. The normalized spacial score (nSPS) is 14.4. The van der Waals surface area contributed by atoms with Crippen LogP contribution in [0.1, 0.15) is 54.7 Å². The molecule has 2 aromatic carbocycles. The molecule has 0 spiro atoms.